The van der Waals surface area contributed by atoms with E-state index in [9.17, 15) is 65.8 Å². The van der Waals surface area contributed by atoms with Crippen LogP contribution >= 0.6 is 0 Å². The van der Waals surface area contributed by atoms with E-state index in [2.05, 4.69) is 0 Å². The molecule has 23 nitrogen and oxygen atoms in total. The second-order valence-electron chi connectivity index (χ2n) is 11.5. The summed E-state index contributed by atoms with van der Waals surface area (Å²) in [5, 5.41) is 125. The molecule has 4 aliphatic rings. The predicted molar refractivity (Wildman–Crippen MR) is 143 cm³/mol. The van der Waals surface area contributed by atoms with Gasteiger partial charge in [-0.05, 0) is 6.08 Å². The van der Waals surface area contributed by atoms with Crippen molar-refractivity contribution in [2.45, 2.75) is 111 Å². The van der Waals surface area contributed by atoms with Crippen molar-refractivity contribution < 1.29 is 138 Å². The van der Waals surface area contributed by atoms with Crippen LogP contribution in [-0.4, -0.2) is 205 Å². The molecule has 0 spiro atoms. The summed E-state index contributed by atoms with van der Waals surface area (Å²) < 4.78 is 42.8. The van der Waals surface area contributed by atoms with Crippen molar-refractivity contribution in [1.82, 2.24) is 0 Å². The fourth-order valence-corrected chi connectivity index (χ4v) is 5.31. The standard InChI is InChI=1S/C26H41NO22.Na/c27-6(21(38)39)4-42-23-16(35)13(32)11(5-43-23)47-25-17(36)19(14(33)9(2-28)45-25)49-26-18(37)20(15(34)10(3-29)46-26)48-24-12(31)7(30)1-8(44-24)22(40)41;/h1,6-7,9-20,23-26,28-37H,2-5,27H2,(H,38,39)(H,40,41);/q;+1/p-1. The molecule has 50 heavy (non-hydrogen) atoms. The van der Waals surface area contributed by atoms with Gasteiger partial charge >= 0.3 is 35.5 Å². The normalized spacial score (nSPS) is 44.3. The second-order valence-corrected chi connectivity index (χ2v) is 11.5. The third kappa shape index (κ3) is 9.64. The molecule has 0 aromatic carbocycles. The summed E-state index contributed by atoms with van der Waals surface area (Å²) in [7, 11) is 0. The first kappa shape index (κ1) is 43.2. The van der Waals surface area contributed by atoms with E-state index in [1.807, 2.05) is 0 Å². The van der Waals surface area contributed by atoms with Crippen LogP contribution < -0.4 is 40.4 Å². The van der Waals surface area contributed by atoms with Crippen molar-refractivity contribution in [2.24, 2.45) is 5.73 Å². The summed E-state index contributed by atoms with van der Waals surface area (Å²) in [5.74, 6) is -4.23. The molecule has 13 N–H and O–H groups in total. The fraction of sp³-hybridized carbons (Fsp3) is 0.846. The van der Waals surface area contributed by atoms with E-state index < -0.39 is 155 Å². The first-order valence-electron chi connectivity index (χ1n) is 14.8. The fourth-order valence-electron chi connectivity index (χ4n) is 5.31. The van der Waals surface area contributed by atoms with Crippen molar-refractivity contribution in [1.29, 1.82) is 0 Å². The van der Waals surface area contributed by atoms with Crippen molar-refractivity contribution in [2.75, 3.05) is 26.4 Å². The number of hydrogen-bond acceptors (Lipinski definition) is 22. The van der Waals surface area contributed by atoms with Crippen LogP contribution in [-0.2, 0) is 47.5 Å². The van der Waals surface area contributed by atoms with E-state index in [4.69, 9.17) is 48.7 Å². The van der Waals surface area contributed by atoms with Crippen LogP contribution in [0.4, 0.5) is 0 Å². The molecule has 0 saturated carbocycles. The molecule has 0 radical (unpaired) electrons. The zero-order chi connectivity index (χ0) is 36.3. The summed E-state index contributed by atoms with van der Waals surface area (Å²) in [6.45, 7) is -2.94. The Bertz CT molecular complexity index is 1150. The molecule has 24 heteroatoms. The largest absolute Gasteiger partial charge is 1.00 e. The number of aliphatic hydroxyl groups is 10. The van der Waals surface area contributed by atoms with Crippen molar-refractivity contribution in [3.05, 3.63) is 11.8 Å². The van der Waals surface area contributed by atoms with Crippen LogP contribution in [0.15, 0.2) is 11.8 Å². The van der Waals surface area contributed by atoms with Gasteiger partial charge in [-0.1, -0.05) is 0 Å². The molecule has 0 bridgehead atoms. The maximum atomic E-state index is 11.3. The summed E-state index contributed by atoms with van der Waals surface area (Å²) >= 11 is 0. The molecule has 0 amide bonds. The van der Waals surface area contributed by atoms with Crippen LogP contribution in [0.3, 0.4) is 0 Å². The monoisotopic (exact) mass is 741 g/mol. The molecular weight excluding hydrogens is 701 g/mol. The Kier molecular flexibility index (Phi) is 16.1. The topological polar surface area (TPSA) is 380 Å². The van der Waals surface area contributed by atoms with Crippen molar-refractivity contribution in [3.63, 3.8) is 0 Å². The summed E-state index contributed by atoms with van der Waals surface area (Å²) in [6.07, 6.45) is -30.4. The summed E-state index contributed by atoms with van der Waals surface area (Å²) in [5.41, 5.74) is 5.35. The molecule has 4 rings (SSSR count). The van der Waals surface area contributed by atoms with Crippen molar-refractivity contribution >= 4 is 11.9 Å². The van der Waals surface area contributed by atoms with Gasteiger partial charge < -0.3 is 110 Å². The Morgan fingerprint density at radius 1 is 0.780 bits per heavy atom. The molecule has 0 aromatic rings. The molecular formula is C26H40NNaO22. The molecule has 0 aromatic heterocycles. The van der Waals surface area contributed by atoms with Crippen LogP contribution in [0, 0.1) is 0 Å². The van der Waals surface area contributed by atoms with Gasteiger partial charge in [0, 0.05) is 0 Å². The molecule has 282 valence electrons. The van der Waals surface area contributed by atoms with E-state index in [-0.39, 0.29) is 29.6 Å². The summed E-state index contributed by atoms with van der Waals surface area (Å²) in [4.78, 5) is 22.2. The Labute approximate surface area is 304 Å². The number of carboxylic acid groups (broad SMARTS) is 2. The minimum absolute atomic E-state index is 0. The average molecular weight is 742 g/mol. The third-order valence-electron chi connectivity index (χ3n) is 8.12. The SMILES string of the molecule is NC(COC1OCC(OC2OC(CO)C(O)C(OC3OC(CO)C(O)C(OC4OC(C(=O)[O-])=CC(O)C4O)C3O)C2O)C(O)C1O)C(=O)O.[Na+]. The maximum absolute atomic E-state index is 11.3. The average Bonchev–Trinajstić information content (AvgIpc) is 3.06. The van der Waals surface area contributed by atoms with Gasteiger partial charge in [0.15, 0.2) is 18.9 Å². The van der Waals surface area contributed by atoms with Gasteiger partial charge in [-0.3, -0.25) is 4.79 Å². The maximum Gasteiger partial charge on any atom is 1.00 e. The minimum atomic E-state index is -2.10. The summed E-state index contributed by atoms with van der Waals surface area (Å²) in [6, 6.07) is -1.46. The van der Waals surface area contributed by atoms with E-state index in [0.717, 1.165) is 0 Å². The molecule has 4 heterocycles. The second kappa shape index (κ2) is 18.7. The van der Waals surface area contributed by atoms with Gasteiger partial charge in [0.1, 0.15) is 97.1 Å². The Hall–Kier alpha value is -1.24. The minimum Gasteiger partial charge on any atom is -0.542 e. The van der Waals surface area contributed by atoms with Crippen LogP contribution in [0.2, 0.25) is 0 Å². The van der Waals surface area contributed by atoms with Gasteiger partial charge in [0.25, 0.3) is 0 Å². The van der Waals surface area contributed by atoms with Gasteiger partial charge in [-0.25, -0.2) is 0 Å². The van der Waals surface area contributed by atoms with Crippen LogP contribution in [0.1, 0.15) is 0 Å². The number of ether oxygens (including phenoxy) is 8. The zero-order valence-corrected chi connectivity index (χ0v) is 28.3. The number of carbonyl (C=O) groups is 2. The molecule has 3 fully saturated rings. The number of hydrogen-bond donors (Lipinski definition) is 12. The number of rotatable bonds is 13. The number of aliphatic carboxylic acids is 2. The first-order chi connectivity index (χ1) is 23.1. The van der Waals surface area contributed by atoms with E-state index in [0.29, 0.717) is 6.08 Å². The Morgan fingerprint density at radius 3 is 1.80 bits per heavy atom. The number of carbonyl (C=O) groups excluding carboxylic acids is 1. The van der Waals surface area contributed by atoms with Gasteiger partial charge in [0.05, 0.1) is 26.4 Å². The third-order valence-corrected chi connectivity index (χ3v) is 8.12. The van der Waals surface area contributed by atoms with Gasteiger partial charge in [0.2, 0.25) is 6.29 Å². The number of carboxylic acids is 2. The molecule has 18 unspecified atom stereocenters. The molecule has 3 saturated heterocycles. The van der Waals surface area contributed by atoms with Crippen LogP contribution in [0.5, 0.6) is 0 Å². The van der Waals surface area contributed by atoms with E-state index in [1.54, 1.807) is 0 Å². The smallest absolute Gasteiger partial charge is 0.542 e. The Balaban J connectivity index is 0.00000676. The van der Waals surface area contributed by atoms with Crippen LogP contribution in [0.25, 0.3) is 0 Å². The molecule has 4 aliphatic heterocycles. The van der Waals surface area contributed by atoms with Crippen molar-refractivity contribution in [3.8, 4) is 0 Å². The predicted octanol–water partition coefficient (Wildman–Crippen LogP) is -12.8. The zero-order valence-electron chi connectivity index (χ0n) is 26.3. The van der Waals surface area contributed by atoms with E-state index in [1.165, 1.54) is 0 Å². The first-order valence-corrected chi connectivity index (χ1v) is 14.8. The van der Waals surface area contributed by atoms with E-state index >= 15 is 0 Å². The Morgan fingerprint density at radius 2 is 1.30 bits per heavy atom. The number of aliphatic hydroxyl groups excluding tert-OH is 10. The van der Waals surface area contributed by atoms with Gasteiger partial charge in [-0.2, -0.15) is 0 Å². The number of nitrogens with two attached hydrogens (primary N) is 1. The molecule has 18 atom stereocenters. The van der Waals surface area contributed by atoms with Gasteiger partial charge in [-0.15, -0.1) is 0 Å². The quantitative estimate of drug-likeness (QED) is 0.0779. The molecule has 0 aliphatic carbocycles.